The van der Waals surface area contributed by atoms with Gasteiger partial charge in [0.1, 0.15) is 0 Å². The van der Waals surface area contributed by atoms with Gasteiger partial charge in [-0.15, -0.1) is 0 Å². The number of carbonyl (C=O) groups is 1. The van der Waals surface area contributed by atoms with Crippen molar-refractivity contribution in [2.24, 2.45) is 0 Å². The number of Topliss-reactive ketones (excluding diaryl/α,β-unsaturated/α-hetero) is 1. The van der Waals surface area contributed by atoms with Gasteiger partial charge in [0.15, 0.2) is 5.78 Å². The van der Waals surface area contributed by atoms with Crippen LogP contribution < -0.4 is 0 Å². The van der Waals surface area contributed by atoms with Gasteiger partial charge in [0.2, 0.25) is 0 Å². The third kappa shape index (κ3) is 5.87. The maximum Gasteiger partial charge on any atom is 0.401 e. The summed E-state index contributed by atoms with van der Waals surface area (Å²) < 4.78 is 37.2. The summed E-state index contributed by atoms with van der Waals surface area (Å²) in [6, 6.07) is 6.90. The molecule has 0 aliphatic carbocycles. The van der Waals surface area contributed by atoms with Gasteiger partial charge in [-0.2, -0.15) is 13.2 Å². The Balaban J connectivity index is 2.71. The van der Waals surface area contributed by atoms with Crippen LogP contribution in [0.1, 0.15) is 29.3 Å². The van der Waals surface area contributed by atoms with E-state index in [0.717, 1.165) is 10.5 Å². The minimum absolute atomic E-state index is 0.198. The van der Waals surface area contributed by atoms with Crippen molar-refractivity contribution < 1.29 is 18.0 Å². The number of ketones is 1. The summed E-state index contributed by atoms with van der Waals surface area (Å²) >= 11 is 0. The molecule has 0 amide bonds. The first-order valence-corrected chi connectivity index (χ1v) is 6.21. The van der Waals surface area contributed by atoms with Crippen molar-refractivity contribution >= 4 is 5.78 Å². The highest BCUT2D eigenvalue weighted by Crippen LogP contribution is 2.17. The maximum absolute atomic E-state index is 12.4. The minimum Gasteiger partial charge on any atom is -0.293 e. The molecule has 19 heavy (non-hydrogen) atoms. The number of alkyl halides is 3. The lowest BCUT2D eigenvalue weighted by Crippen LogP contribution is -2.38. The van der Waals surface area contributed by atoms with Crippen LogP contribution >= 0.6 is 0 Å². The maximum atomic E-state index is 12.4. The summed E-state index contributed by atoms with van der Waals surface area (Å²) in [5, 5.41) is 0. The van der Waals surface area contributed by atoms with Crippen LogP contribution in [0.25, 0.3) is 0 Å². The topological polar surface area (TPSA) is 20.3 Å². The quantitative estimate of drug-likeness (QED) is 0.740. The third-order valence-electron chi connectivity index (χ3n) is 2.65. The molecule has 0 saturated heterocycles. The van der Waals surface area contributed by atoms with Crippen molar-refractivity contribution in [3.8, 4) is 0 Å². The molecule has 0 spiro atoms. The predicted octanol–water partition coefficient (Wildman–Crippen LogP) is 3.45. The summed E-state index contributed by atoms with van der Waals surface area (Å²) in [6.45, 7) is 2.66. The summed E-state index contributed by atoms with van der Waals surface area (Å²) in [4.78, 5) is 13.1. The van der Waals surface area contributed by atoms with Gasteiger partial charge in [-0.1, -0.05) is 30.7 Å². The lowest BCUT2D eigenvalue weighted by Gasteiger charge is -2.22. The number of carbonyl (C=O) groups excluding carboxylic acids is 1. The molecule has 5 heteroatoms. The Morgan fingerprint density at radius 1 is 1.32 bits per heavy atom. The first kappa shape index (κ1) is 15.7. The van der Waals surface area contributed by atoms with Gasteiger partial charge >= 0.3 is 6.18 Å². The second kappa shape index (κ2) is 6.70. The third-order valence-corrected chi connectivity index (χ3v) is 2.65. The molecule has 1 rings (SSSR count). The van der Waals surface area contributed by atoms with E-state index < -0.39 is 12.7 Å². The molecule has 0 atom stereocenters. The van der Waals surface area contributed by atoms with Crippen molar-refractivity contribution in [3.63, 3.8) is 0 Å². The molecule has 0 bridgehead atoms. The van der Waals surface area contributed by atoms with Gasteiger partial charge in [0.25, 0.3) is 0 Å². The van der Waals surface area contributed by atoms with Crippen molar-refractivity contribution in [2.75, 3.05) is 19.6 Å². The van der Waals surface area contributed by atoms with Crippen LogP contribution in [0, 0.1) is 6.92 Å². The Labute approximate surface area is 111 Å². The first-order chi connectivity index (χ1) is 8.81. The number of rotatable bonds is 6. The van der Waals surface area contributed by atoms with Crippen molar-refractivity contribution in [2.45, 2.75) is 26.4 Å². The molecule has 1 aromatic rings. The summed E-state index contributed by atoms with van der Waals surface area (Å²) in [7, 11) is 0. The van der Waals surface area contributed by atoms with Crippen LogP contribution in [0.3, 0.4) is 0 Å². The Morgan fingerprint density at radius 3 is 2.53 bits per heavy atom. The highest BCUT2D eigenvalue weighted by Gasteiger charge is 2.31. The van der Waals surface area contributed by atoms with Crippen molar-refractivity contribution in [1.82, 2.24) is 4.90 Å². The average molecular weight is 273 g/mol. The fraction of sp³-hybridized carbons (Fsp3) is 0.500. The monoisotopic (exact) mass is 273 g/mol. The molecule has 0 heterocycles. The van der Waals surface area contributed by atoms with E-state index in [4.69, 9.17) is 0 Å². The van der Waals surface area contributed by atoms with Crippen LogP contribution in [-0.2, 0) is 0 Å². The van der Waals surface area contributed by atoms with Crippen LogP contribution in [0.4, 0.5) is 13.2 Å². The summed E-state index contributed by atoms with van der Waals surface area (Å²) in [5.41, 5.74) is 1.38. The molecule has 2 nitrogen and oxygen atoms in total. The molecule has 0 fully saturated rings. The Hall–Kier alpha value is -1.36. The number of halogens is 3. The van der Waals surface area contributed by atoms with E-state index in [-0.39, 0.29) is 18.9 Å². The molecule has 0 radical (unpaired) electrons. The average Bonchev–Trinajstić information content (AvgIpc) is 2.27. The molecule has 106 valence electrons. The zero-order valence-electron chi connectivity index (χ0n) is 11.1. The van der Waals surface area contributed by atoms with E-state index in [0.29, 0.717) is 12.0 Å². The SMILES string of the molecule is CCCN(CC(=O)c1cccc(C)c1)CC(F)(F)F. The van der Waals surface area contributed by atoms with E-state index in [2.05, 4.69) is 0 Å². The van der Waals surface area contributed by atoms with Crippen molar-refractivity contribution in [1.29, 1.82) is 0 Å². The summed E-state index contributed by atoms with van der Waals surface area (Å²) in [6.07, 6.45) is -3.70. The van der Waals surface area contributed by atoms with Crippen LogP contribution in [0.2, 0.25) is 0 Å². The lowest BCUT2D eigenvalue weighted by atomic mass is 10.1. The Bertz CT molecular complexity index is 429. The largest absolute Gasteiger partial charge is 0.401 e. The van der Waals surface area contributed by atoms with Gasteiger partial charge < -0.3 is 0 Å². The fourth-order valence-electron chi connectivity index (χ4n) is 1.90. The van der Waals surface area contributed by atoms with Gasteiger partial charge in [-0.05, 0) is 26.0 Å². The molecule has 0 aliphatic rings. The predicted molar refractivity (Wildman–Crippen MR) is 68.3 cm³/mol. The zero-order valence-corrected chi connectivity index (χ0v) is 11.1. The zero-order chi connectivity index (χ0) is 14.5. The van der Waals surface area contributed by atoms with Gasteiger partial charge in [0, 0.05) is 5.56 Å². The van der Waals surface area contributed by atoms with E-state index in [9.17, 15) is 18.0 Å². The van der Waals surface area contributed by atoms with E-state index in [1.165, 1.54) is 0 Å². The van der Waals surface area contributed by atoms with E-state index in [1.54, 1.807) is 25.1 Å². The summed E-state index contributed by atoms with van der Waals surface area (Å²) in [5.74, 6) is -0.276. The first-order valence-electron chi connectivity index (χ1n) is 6.21. The normalized spacial score (nSPS) is 11.9. The number of aryl methyl sites for hydroxylation is 1. The standard InChI is InChI=1S/C14H18F3NO/c1-3-7-18(10-14(15,16)17)9-13(19)12-6-4-5-11(2)8-12/h4-6,8H,3,7,9-10H2,1-2H3. The minimum atomic E-state index is -4.28. The van der Waals surface area contributed by atoms with E-state index in [1.807, 2.05) is 13.0 Å². The molecule has 1 aromatic carbocycles. The molecule has 0 N–H and O–H groups in total. The molecule has 0 aromatic heterocycles. The highest BCUT2D eigenvalue weighted by molar-refractivity contribution is 5.97. The Kier molecular flexibility index (Phi) is 5.54. The number of hydrogen-bond acceptors (Lipinski definition) is 2. The van der Waals surface area contributed by atoms with Gasteiger partial charge in [0.05, 0.1) is 13.1 Å². The van der Waals surface area contributed by atoms with Crippen LogP contribution in [-0.4, -0.2) is 36.5 Å². The number of benzene rings is 1. The number of hydrogen-bond donors (Lipinski definition) is 0. The molecule has 0 aliphatic heterocycles. The number of nitrogens with zero attached hydrogens (tertiary/aromatic N) is 1. The van der Waals surface area contributed by atoms with E-state index >= 15 is 0 Å². The highest BCUT2D eigenvalue weighted by atomic mass is 19.4. The van der Waals surface area contributed by atoms with Crippen molar-refractivity contribution in [3.05, 3.63) is 35.4 Å². The molecular weight excluding hydrogens is 255 g/mol. The Morgan fingerprint density at radius 2 is 2.00 bits per heavy atom. The molecule has 0 saturated carbocycles. The molecule has 0 unspecified atom stereocenters. The lowest BCUT2D eigenvalue weighted by molar-refractivity contribution is -0.144. The smallest absolute Gasteiger partial charge is 0.293 e. The van der Waals surface area contributed by atoms with Gasteiger partial charge in [-0.25, -0.2) is 0 Å². The second-order valence-corrected chi connectivity index (χ2v) is 4.62. The fourth-order valence-corrected chi connectivity index (χ4v) is 1.90. The van der Waals surface area contributed by atoms with Crippen LogP contribution in [0.5, 0.6) is 0 Å². The molecular formula is C14H18F3NO. The second-order valence-electron chi connectivity index (χ2n) is 4.62. The van der Waals surface area contributed by atoms with Gasteiger partial charge in [-0.3, -0.25) is 9.69 Å². The van der Waals surface area contributed by atoms with Crippen LogP contribution in [0.15, 0.2) is 24.3 Å².